The van der Waals surface area contributed by atoms with Gasteiger partial charge in [0.25, 0.3) is 0 Å². The molecule has 0 fully saturated rings. The number of nitrogens with one attached hydrogen (secondary N) is 1. The van der Waals surface area contributed by atoms with E-state index >= 15 is 0 Å². The smallest absolute Gasteiger partial charge is 0.416 e. The number of allylic oxidation sites excluding steroid dienone is 2. The lowest BCUT2D eigenvalue weighted by atomic mass is 9.64. The third-order valence-electron chi connectivity index (χ3n) is 4.60. The summed E-state index contributed by atoms with van der Waals surface area (Å²) < 4.78 is 45.5. The Labute approximate surface area is 148 Å². The molecule has 0 saturated heterocycles. The van der Waals surface area contributed by atoms with Crippen molar-refractivity contribution in [1.29, 1.82) is 0 Å². The topological polar surface area (TPSA) is 75.6 Å². The lowest BCUT2D eigenvalue weighted by Crippen LogP contribution is -2.59. The van der Waals surface area contributed by atoms with Crippen molar-refractivity contribution in [3.8, 4) is 0 Å². The first-order valence-electron chi connectivity index (χ1n) is 8.08. The van der Waals surface area contributed by atoms with Crippen molar-refractivity contribution in [2.24, 2.45) is 5.41 Å². The molecule has 3 atom stereocenters. The maximum atomic E-state index is 13.5. The number of carbonyl (C=O) groups excluding carboxylic acids is 1. The van der Waals surface area contributed by atoms with Crippen LogP contribution in [0.5, 0.6) is 0 Å². The van der Waals surface area contributed by atoms with E-state index < -0.39 is 41.1 Å². The number of carboxylic acid groups (broad SMARTS) is 1. The molecule has 5 nitrogen and oxygen atoms in total. The fourth-order valence-electron chi connectivity index (χ4n) is 3.48. The molecule has 0 radical (unpaired) electrons. The van der Waals surface area contributed by atoms with Crippen LogP contribution in [0, 0.1) is 5.41 Å². The highest BCUT2D eigenvalue weighted by Crippen LogP contribution is 2.48. The fraction of sp³-hybridized carbons (Fsp3) is 0.444. The third kappa shape index (κ3) is 3.15. The van der Waals surface area contributed by atoms with E-state index in [9.17, 15) is 27.9 Å². The highest BCUT2D eigenvalue weighted by Gasteiger charge is 2.60. The molecular formula is C18H20F3NO4. The molecule has 0 spiro atoms. The number of rotatable bonds is 4. The van der Waals surface area contributed by atoms with E-state index in [0.29, 0.717) is 5.70 Å². The molecule has 142 valence electrons. The standard InChI is InChI=1S/C18H20F3NO4/c1-4-26-16(25)17(15(23)24)11(3)22-10(2)9-14(17)12-7-5-6-8-13(12)18(19,20)21/h5-9,11,14,22H,4H2,1-3H3,(H,23,24). The fourth-order valence-corrected chi connectivity index (χ4v) is 3.48. The number of esters is 1. The molecular weight excluding hydrogens is 351 g/mol. The van der Waals surface area contributed by atoms with Crippen LogP contribution in [0.1, 0.15) is 37.8 Å². The van der Waals surface area contributed by atoms with Crippen molar-refractivity contribution in [2.45, 2.75) is 38.9 Å². The van der Waals surface area contributed by atoms with Gasteiger partial charge in [0, 0.05) is 11.6 Å². The Balaban J connectivity index is 2.79. The number of alkyl halides is 3. The summed E-state index contributed by atoms with van der Waals surface area (Å²) in [5.41, 5.74) is -2.99. The molecule has 3 unspecified atom stereocenters. The van der Waals surface area contributed by atoms with Crippen LogP contribution in [-0.4, -0.2) is 29.7 Å². The summed E-state index contributed by atoms with van der Waals surface area (Å²) in [6.45, 7) is 4.48. The second-order valence-electron chi connectivity index (χ2n) is 6.17. The van der Waals surface area contributed by atoms with Crippen LogP contribution in [-0.2, 0) is 20.5 Å². The van der Waals surface area contributed by atoms with E-state index in [2.05, 4.69) is 5.32 Å². The largest absolute Gasteiger partial charge is 0.480 e. The Kier molecular flexibility index (Phi) is 5.34. The minimum atomic E-state index is -4.69. The maximum absolute atomic E-state index is 13.5. The Morgan fingerprint density at radius 2 is 1.92 bits per heavy atom. The number of aliphatic carboxylic acids is 1. The monoisotopic (exact) mass is 371 g/mol. The van der Waals surface area contributed by atoms with Crippen molar-refractivity contribution in [1.82, 2.24) is 5.32 Å². The third-order valence-corrected chi connectivity index (χ3v) is 4.60. The molecule has 0 aliphatic carbocycles. The summed E-state index contributed by atoms with van der Waals surface area (Å²) in [5.74, 6) is -3.95. The molecule has 2 rings (SSSR count). The average Bonchev–Trinajstić information content (AvgIpc) is 2.53. The Morgan fingerprint density at radius 1 is 1.31 bits per heavy atom. The molecule has 0 amide bonds. The summed E-state index contributed by atoms with van der Waals surface area (Å²) in [6, 6.07) is 3.71. The average molecular weight is 371 g/mol. The number of halogens is 3. The summed E-state index contributed by atoms with van der Waals surface area (Å²) in [7, 11) is 0. The second-order valence-corrected chi connectivity index (χ2v) is 6.17. The minimum absolute atomic E-state index is 0.0864. The van der Waals surface area contributed by atoms with E-state index in [-0.39, 0.29) is 12.2 Å². The van der Waals surface area contributed by atoms with Crippen molar-refractivity contribution >= 4 is 11.9 Å². The molecule has 26 heavy (non-hydrogen) atoms. The van der Waals surface area contributed by atoms with Gasteiger partial charge in [-0.1, -0.05) is 24.3 Å². The van der Waals surface area contributed by atoms with Gasteiger partial charge in [0.05, 0.1) is 18.2 Å². The number of carboxylic acids is 1. The summed E-state index contributed by atoms with van der Waals surface area (Å²) >= 11 is 0. The maximum Gasteiger partial charge on any atom is 0.416 e. The number of carbonyl (C=O) groups is 2. The molecule has 1 aliphatic rings. The van der Waals surface area contributed by atoms with Gasteiger partial charge in [-0.3, -0.25) is 9.59 Å². The zero-order valence-electron chi connectivity index (χ0n) is 14.6. The van der Waals surface area contributed by atoms with Crippen LogP contribution in [0.2, 0.25) is 0 Å². The van der Waals surface area contributed by atoms with E-state index in [1.807, 2.05) is 0 Å². The van der Waals surface area contributed by atoms with E-state index in [4.69, 9.17) is 4.74 Å². The summed E-state index contributed by atoms with van der Waals surface area (Å²) in [6.07, 6.45) is -3.35. The predicted octanol–water partition coefficient (Wildman–Crippen LogP) is 3.32. The second kappa shape index (κ2) is 7.01. The number of hydrogen-bond donors (Lipinski definition) is 2. The van der Waals surface area contributed by atoms with Crippen LogP contribution in [0.4, 0.5) is 13.2 Å². The van der Waals surface area contributed by atoms with Crippen LogP contribution in [0.25, 0.3) is 0 Å². The summed E-state index contributed by atoms with van der Waals surface area (Å²) in [4.78, 5) is 24.9. The first kappa shape index (κ1) is 19.8. The number of benzene rings is 1. The molecule has 1 aromatic carbocycles. The lowest BCUT2D eigenvalue weighted by Gasteiger charge is -2.43. The molecule has 8 heteroatoms. The van der Waals surface area contributed by atoms with Crippen LogP contribution >= 0.6 is 0 Å². The summed E-state index contributed by atoms with van der Waals surface area (Å²) in [5, 5.41) is 12.8. The van der Waals surface area contributed by atoms with Gasteiger partial charge in [0.1, 0.15) is 0 Å². The van der Waals surface area contributed by atoms with Crippen LogP contribution in [0.3, 0.4) is 0 Å². The van der Waals surface area contributed by atoms with Gasteiger partial charge < -0.3 is 15.2 Å². The highest BCUT2D eigenvalue weighted by atomic mass is 19.4. The van der Waals surface area contributed by atoms with Crippen LogP contribution < -0.4 is 5.32 Å². The predicted molar refractivity (Wildman–Crippen MR) is 87.2 cm³/mol. The molecule has 0 saturated carbocycles. The normalized spacial score (nSPS) is 25.8. The zero-order chi connectivity index (χ0) is 19.7. The Hall–Kier alpha value is -2.51. The van der Waals surface area contributed by atoms with E-state index in [1.54, 1.807) is 6.92 Å². The van der Waals surface area contributed by atoms with Gasteiger partial charge in [-0.15, -0.1) is 0 Å². The van der Waals surface area contributed by atoms with Gasteiger partial charge in [-0.05, 0) is 32.4 Å². The van der Waals surface area contributed by atoms with E-state index in [0.717, 1.165) is 6.07 Å². The van der Waals surface area contributed by atoms with Gasteiger partial charge in [0.15, 0.2) is 5.41 Å². The minimum Gasteiger partial charge on any atom is -0.480 e. The molecule has 0 aromatic heterocycles. The Bertz CT molecular complexity index is 744. The van der Waals surface area contributed by atoms with Gasteiger partial charge >= 0.3 is 18.1 Å². The van der Waals surface area contributed by atoms with Crippen molar-refractivity contribution in [2.75, 3.05) is 6.61 Å². The highest BCUT2D eigenvalue weighted by molar-refractivity contribution is 6.02. The van der Waals surface area contributed by atoms with Crippen molar-refractivity contribution < 1.29 is 32.6 Å². The van der Waals surface area contributed by atoms with Gasteiger partial charge in [0.2, 0.25) is 0 Å². The zero-order valence-corrected chi connectivity index (χ0v) is 14.6. The Morgan fingerprint density at radius 3 is 2.46 bits per heavy atom. The molecule has 1 aliphatic heterocycles. The first-order chi connectivity index (χ1) is 12.1. The number of hydrogen-bond acceptors (Lipinski definition) is 4. The molecule has 0 bridgehead atoms. The number of ether oxygens (including phenoxy) is 1. The molecule has 1 aromatic rings. The van der Waals surface area contributed by atoms with Crippen LogP contribution in [0.15, 0.2) is 36.0 Å². The van der Waals surface area contributed by atoms with Crippen molar-refractivity contribution in [3.05, 3.63) is 47.2 Å². The van der Waals surface area contributed by atoms with Crippen molar-refractivity contribution in [3.63, 3.8) is 0 Å². The quantitative estimate of drug-likeness (QED) is 0.627. The molecule has 1 heterocycles. The lowest BCUT2D eigenvalue weighted by molar-refractivity contribution is -0.173. The van der Waals surface area contributed by atoms with E-state index in [1.165, 1.54) is 38.1 Å². The first-order valence-corrected chi connectivity index (χ1v) is 8.08. The van der Waals surface area contributed by atoms with Gasteiger partial charge in [-0.2, -0.15) is 13.2 Å². The van der Waals surface area contributed by atoms with Gasteiger partial charge in [-0.25, -0.2) is 0 Å². The SMILES string of the molecule is CCOC(=O)C1(C(=O)O)C(C)NC(C)=CC1c1ccccc1C(F)(F)F. The molecule has 2 N–H and O–H groups in total.